The van der Waals surface area contributed by atoms with Gasteiger partial charge in [-0.3, -0.25) is 19.7 Å². The first kappa shape index (κ1) is 20.5. The number of hydrogen-bond donors (Lipinski definition) is 2. The molecule has 0 saturated heterocycles. The molecule has 0 saturated carbocycles. The lowest BCUT2D eigenvalue weighted by molar-refractivity contribution is -0.128. The van der Waals surface area contributed by atoms with E-state index in [1.165, 1.54) is 4.90 Å². The Bertz CT molecular complexity index is 984. The number of H-pyrrole nitrogens is 1. The van der Waals surface area contributed by atoms with Gasteiger partial charge >= 0.3 is 0 Å². The Balaban J connectivity index is 1.76. The Morgan fingerprint density at radius 2 is 1.79 bits per heavy atom. The van der Waals surface area contributed by atoms with Crippen LogP contribution in [-0.2, 0) is 22.4 Å². The highest BCUT2D eigenvalue weighted by Crippen LogP contribution is 2.27. The van der Waals surface area contributed by atoms with Crippen LogP contribution in [0.15, 0.2) is 48.8 Å². The van der Waals surface area contributed by atoms with Crippen LogP contribution in [0.2, 0.25) is 5.02 Å². The lowest BCUT2D eigenvalue weighted by Crippen LogP contribution is -2.24. The molecule has 2 amide bonds. The summed E-state index contributed by atoms with van der Waals surface area (Å²) in [6, 6.07) is 11.0. The fraction of sp³-hybridized carbons (Fsp3) is 0.238. The third-order valence-corrected chi connectivity index (χ3v) is 4.73. The van der Waals surface area contributed by atoms with E-state index in [0.717, 1.165) is 11.1 Å². The fourth-order valence-corrected chi connectivity index (χ4v) is 2.94. The minimum atomic E-state index is -0.175. The van der Waals surface area contributed by atoms with E-state index in [9.17, 15) is 9.59 Å². The van der Waals surface area contributed by atoms with Crippen molar-refractivity contribution in [2.45, 2.75) is 19.3 Å². The molecule has 150 valence electrons. The van der Waals surface area contributed by atoms with E-state index >= 15 is 0 Å². The lowest BCUT2D eigenvalue weighted by Gasteiger charge is -2.12. The van der Waals surface area contributed by atoms with Gasteiger partial charge in [0.2, 0.25) is 11.8 Å². The number of carbonyl (C=O) groups is 2. The van der Waals surface area contributed by atoms with E-state index < -0.39 is 0 Å². The van der Waals surface area contributed by atoms with Gasteiger partial charge in [-0.2, -0.15) is 5.10 Å². The molecule has 8 heteroatoms. The molecule has 0 unspecified atom stereocenters. The summed E-state index contributed by atoms with van der Waals surface area (Å²) in [6.07, 6.45) is 4.32. The van der Waals surface area contributed by atoms with Crippen LogP contribution in [0.5, 0.6) is 0 Å². The van der Waals surface area contributed by atoms with Crippen molar-refractivity contribution in [3.8, 4) is 11.3 Å². The summed E-state index contributed by atoms with van der Waals surface area (Å²) in [4.78, 5) is 30.3. The monoisotopic (exact) mass is 411 g/mol. The first-order valence-electron chi connectivity index (χ1n) is 9.16. The van der Waals surface area contributed by atoms with Crippen LogP contribution in [0.4, 0.5) is 5.82 Å². The Hall–Kier alpha value is -3.19. The van der Waals surface area contributed by atoms with Crippen LogP contribution < -0.4 is 5.32 Å². The number of aromatic amines is 1. The molecule has 2 aromatic heterocycles. The van der Waals surface area contributed by atoms with Crippen molar-refractivity contribution < 1.29 is 9.59 Å². The molecule has 0 spiro atoms. The first-order valence-corrected chi connectivity index (χ1v) is 9.54. The highest BCUT2D eigenvalue weighted by molar-refractivity contribution is 6.30. The molecule has 1 aromatic carbocycles. The third-order valence-electron chi connectivity index (χ3n) is 4.47. The van der Waals surface area contributed by atoms with Gasteiger partial charge in [0, 0.05) is 49.1 Å². The molecule has 0 bridgehead atoms. The number of carbonyl (C=O) groups excluding carboxylic acids is 2. The van der Waals surface area contributed by atoms with E-state index in [0.29, 0.717) is 34.9 Å². The molecule has 0 aliphatic rings. The predicted molar refractivity (Wildman–Crippen MR) is 113 cm³/mol. The second-order valence-corrected chi connectivity index (χ2v) is 7.24. The van der Waals surface area contributed by atoms with Gasteiger partial charge < -0.3 is 10.2 Å². The first-order chi connectivity index (χ1) is 13.9. The molecule has 0 aliphatic heterocycles. The number of nitrogens with one attached hydrogen (secondary N) is 2. The number of benzene rings is 1. The SMILES string of the molecule is CN(C)C(=O)Cc1c(NC(=O)CCc2ccc(Cl)cc2)n[nH]c1-c1ccncc1. The summed E-state index contributed by atoms with van der Waals surface area (Å²) in [7, 11) is 3.39. The Morgan fingerprint density at radius 3 is 2.45 bits per heavy atom. The van der Waals surface area contributed by atoms with Gasteiger partial charge in [0.15, 0.2) is 5.82 Å². The zero-order valence-electron chi connectivity index (χ0n) is 16.3. The predicted octanol–water partition coefficient (Wildman–Crippen LogP) is 3.33. The quantitative estimate of drug-likeness (QED) is 0.623. The van der Waals surface area contributed by atoms with Crippen molar-refractivity contribution in [2.75, 3.05) is 19.4 Å². The van der Waals surface area contributed by atoms with Crippen molar-refractivity contribution in [3.05, 3.63) is 64.9 Å². The van der Waals surface area contributed by atoms with Gasteiger partial charge in [-0.15, -0.1) is 0 Å². The molecule has 0 aliphatic carbocycles. The molecule has 0 atom stereocenters. The third kappa shape index (κ3) is 5.42. The van der Waals surface area contributed by atoms with E-state index in [2.05, 4.69) is 20.5 Å². The summed E-state index contributed by atoms with van der Waals surface area (Å²) < 4.78 is 0. The number of pyridine rings is 1. The molecule has 0 fully saturated rings. The smallest absolute Gasteiger partial charge is 0.226 e. The molecule has 3 rings (SSSR count). The zero-order valence-corrected chi connectivity index (χ0v) is 17.0. The molecule has 0 radical (unpaired) electrons. The molecule has 2 N–H and O–H groups in total. The summed E-state index contributed by atoms with van der Waals surface area (Å²) >= 11 is 5.89. The fourth-order valence-electron chi connectivity index (χ4n) is 2.81. The molecular formula is C21H22ClN5O2. The number of hydrogen-bond acceptors (Lipinski definition) is 4. The van der Waals surface area contributed by atoms with Crippen LogP contribution in [0.1, 0.15) is 17.5 Å². The minimum Gasteiger partial charge on any atom is -0.349 e. The van der Waals surface area contributed by atoms with E-state index in [4.69, 9.17) is 11.6 Å². The standard InChI is InChI=1S/C21H22ClN5O2/c1-27(2)19(29)13-17-20(15-9-11-23-12-10-15)25-26-21(17)24-18(28)8-5-14-3-6-16(22)7-4-14/h3-4,6-7,9-12H,5,8,13H2,1-2H3,(H2,24,25,26,28). The van der Waals surface area contributed by atoms with Crippen molar-refractivity contribution in [1.29, 1.82) is 0 Å². The van der Waals surface area contributed by atoms with Gasteiger partial charge in [0.25, 0.3) is 0 Å². The summed E-state index contributed by atoms with van der Waals surface area (Å²) in [5.74, 6) is 0.109. The maximum absolute atomic E-state index is 12.5. The number of aryl methyl sites for hydroxylation is 1. The molecule has 7 nitrogen and oxygen atoms in total. The maximum atomic E-state index is 12.5. The Labute approximate surface area is 174 Å². The van der Waals surface area contributed by atoms with Gasteiger partial charge in [-0.05, 0) is 36.2 Å². The molecule has 29 heavy (non-hydrogen) atoms. The van der Waals surface area contributed by atoms with Crippen molar-refractivity contribution in [2.24, 2.45) is 0 Å². The number of rotatable bonds is 7. The minimum absolute atomic E-state index is 0.0848. The van der Waals surface area contributed by atoms with Crippen LogP contribution in [-0.4, -0.2) is 46.0 Å². The number of anilines is 1. The summed E-state index contributed by atoms with van der Waals surface area (Å²) in [6.45, 7) is 0. The van der Waals surface area contributed by atoms with E-state index in [1.54, 1.807) is 38.6 Å². The number of aromatic nitrogens is 3. The average molecular weight is 412 g/mol. The van der Waals surface area contributed by atoms with E-state index in [1.807, 2.05) is 24.3 Å². The van der Waals surface area contributed by atoms with Gasteiger partial charge in [0.1, 0.15) is 0 Å². The second kappa shape index (κ2) is 9.34. The van der Waals surface area contributed by atoms with Crippen LogP contribution in [0.3, 0.4) is 0 Å². The zero-order chi connectivity index (χ0) is 20.8. The van der Waals surface area contributed by atoms with Crippen molar-refractivity contribution in [3.63, 3.8) is 0 Å². The molecule has 2 heterocycles. The molecule has 3 aromatic rings. The average Bonchev–Trinajstić information content (AvgIpc) is 3.10. The van der Waals surface area contributed by atoms with Crippen LogP contribution in [0, 0.1) is 0 Å². The topological polar surface area (TPSA) is 91.0 Å². The highest BCUT2D eigenvalue weighted by Gasteiger charge is 2.20. The highest BCUT2D eigenvalue weighted by atomic mass is 35.5. The van der Waals surface area contributed by atoms with Gasteiger partial charge in [-0.25, -0.2) is 0 Å². The number of halogens is 1. The largest absolute Gasteiger partial charge is 0.349 e. The number of nitrogens with zero attached hydrogens (tertiary/aromatic N) is 3. The number of likely N-dealkylation sites (N-methyl/N-ethyl adjacent to an activating group) is 1. The van der Waals surface area contributed by atoms with Crippen molar-refractivity contribution in [1.82, 2.24) is 20.1 Å². The van der Waals surface area contributed by atoms with Crippen LogP contribution >= 0.6 is 11.6 Å². The van der Waals surface area contributed by atoms with Crippen molar-refractivity contribution >= 4 is 29.2 Å². The summed E-state index contributed by atoms with van der Waals surface area (Å²) in [5.41, 5.74) is 3.20. The lowest BCUT2D eigenvalue weighted by atomic mass is 10.1. The normalized spacial score (nSPS) is 10.6. The van der Waals surface area contributed by atoms with Gasteiger partial charge in [0.05, 0.1) is 12.1 Å². The summed E-state index contributed by atoms with van der Waals surface area (Å²) in [5, 5.41) is 10.7. The maximum Gasteiger partial charge on any atom is 0.226 e. The van der Waals surface area contributed by atoms with E-state index in [-0.39, 0.29) is 18.2 Å². The second-order valence-electron chi connectivity index (χ2n) is 6.80. The number of amides is 2. The van der Waals surface area contributed by atoms with Crippen LogP contribution in [0.25, 0.3) is 11.3 Å². The Morgan fingerprint density at radius 1 is 1.10 bits per heavy atom. The van der Waals surface area contributed by atoms with Gasteiger partial charge in [-0.1, -0.05) is 23.7 Å². The Kier molecular flexibility index (Phi) is 6.61. The molecular weight excluding hydrogens is 390 g/mol.